The van der Waals surface area contributed by atoms with Gasteiger partial charge >= 0.3 is 0 Å². The van der Waals surface area contributed by atoms with Crippen LogP contribution in [0.5, 0.6) is 5.75 Å². The standard InChI is InChI=1S/C25H17FN2O3S2/c26-19-8-17(22-18(9-19)12-30-25(31-22)16-6-7-32-13-16)11-28-14-27-23-20(24(28)29)10-21(33-23)15-4-2-1-3-5-15/h1-10,13-14,25H,11-12H2/t25-/m1/s1. The van der Waals surface area contributed by atoms with E-state index in [2.05, 4.69) is 4.98 Å². The van der Waals surface area contributed by atoms with Gasteiger partial charge in [-0.2, -0.15) is 11.3 Å². The lowest BCUT2D eigenvalue weighted by atomic mass is 10.1. The Labute approximate surface area is 196 Å². The van der Waals surface area contributed by atoms with Gasteiger partial charge in [-0.25, -0.2) is 9.37 Å². The van der Waals surface area contributed by atoms with Gasteiger partial charge in [-0.3, -0.25) is 9.36 Å². The molecule has 1 atom stereocenters. The Morgan fingerprint density at radius 3 is 2.85 bits per heavy atom. The van der Waals surface area contributed by atoms with Crippen LogP contribution in [0.4, 0.5) is 4.39 Å². The Balaban J connectivity index is 1.38. The minimum absolute atomic E-state index is 0.148. The predicted molar refractivity (Wildman–Crippen MR) is 127 cm³/mol. The van der Waals surface area contributed by atoms with Crippen molar-refractivity contribution < 1.29 is 13.9 Å². The summed E-state index contributed by atoms with van der Waals surface area (Å²) in [5, 5.41) is 4.46. The summed E-state index contributed by atoms with van der Waals surface area (Å²) in [5.74, 6) is 0.162. The number of nitrogens with zero attached hydrogens (tertiary/aromatic N) is 2. The van der Waals surface area contributed by atoms with Gasteiger partial charge in [0.05, 0.1) is 24.9 Å². The molecule has 8 heteroatoms. The molecule has 0 radical (unpaired) electrons. The quantitative estimate of drug-likeness (QED) is 0.320. The third kappa shape index (κ3) is 3.76. The van der Waals surface area contributed by atoms with Crippen molar-refractivity contribution in [2.24, 2.45) is 0 Å². The minimum Gasteiger partial charge on any atom is -0.460 e. The average molecular weight is 477 g/mol. The summed E-state index contributed by atoms with van der Waals surface area (Å²) in [6.07, 6.45) is 0.957. The fraction of sp³-hybridized carbons (Fsp3) is 0.120. The second-order valence-electron chi connectivity index (χ2n) is 7.74. The number of hydrogen-bond acceptors (Lipinski definition) is 6. The number of rotatable bonds is 4. The molecule has 0 spiro atoms. The molecule has 0 bridgehead atoms. The molecular formula is C25H17FN2O3S2. The van der Waals surface area contributed by atoms with E-state index in [0.717, 1.165) is 16.0 Å². The summed E-state index contributed by atoms with van der Waals surface area (Å²) < 4.78 is 27.7. The number of benzene rings is 2. The molecule has 0 saturated carbocycles. The van der Waals surface area contributed by atoms with E-state index in [4.69, 9.17) is 9.47 Å². The lowest BCUT2D eigenvalue weighted by molar-refractivity contribution is -0.111. The van der Waals surface area contributed by atoms with Crippen LogP contribution in [0.1, 0.15) is 23.0 Å². The van der Waals surface area contributed by atoms with Crippen molar-refractivity contribution in [1.82, 2.24) is 9.55 Å². The van der Waals surface area contributed by atoms with E-state index in [0.29, 0.717) is 27.1 Å². The Kier molecular flexibility index (Phi) is 5.05. The number of aromatic nitrogens is 2. The molecule has 1 aliphatic rings. The second-order valence-corrected chi connectivity index (χ2v) is 9.55. The summed E-state index contributed by atoms with van der Waals surface area (Å²) in [6, 6.07) is 16.5. The zero-order valence-electron chi connectivity index (χ0n) is 17.2. The van der Waals surface area contributed by atoms with Crippen LogP contribution in [0.25, 0.3) is 20.7 Å². The van der Waals surface area contributed by atoms with Gasteiger partial charge in [0, 0.05) is 26.9 Å². The summed E-state index contributed by atoms with van der Waals surface area (Å²) >= 11 is 3.03. The summed E-state index contributed by atoms with van der Waals surface area (Å²) in [5.41, 5.74) is 2.99. The van der Waals surface area contributed by atoms with Crippen molar-refractivity contribution in [1.29, 1.82) is 0 Å². The topological polar surface area (TPSA) is 53.4 Å². The number of hydrogen-bond donors (Lipinski definition) is 0. The predicted octanol–water partition coefficient (Wildman–Crippen LogP) is 5.98. The SMILES string of the molecule is O=c1c2cc(-c3ccccc3)sc2ncn1Cc1cc(F)cc2c1O[C@H](c1ccsc1)OC2. The molecule has 6 rings (SSSR count). The van der Waals surface area contributed by atoms with Gasteiger partial charge in [0.2, 0.25) is 6.29 Å². The molecule has 164 valence electrons. The van der Waals surface area contributed by atoms with Crippen LogP contribution in [0.3, 0.4) is 0 Å². The monoisotopic (exact) mass is 476 g/mol. The van der Waals surface area contributed by atoms with Gasteiger partial charge < -0.3 is 9.47 Å². The molecule has 0 aliphatic carbocycles. The van der Waals surface area contributed by atoms with Gasteiger partial charge in [0.15, 0.2) is 0 Å². The highest BCUT2D eigenvalue weighted by atomic mass is 32.1. The lowest BCUT2D eigenvalue weighted by Gasteiger charge is -2.28. The molecule has 4 heterocycles. The highest BCUT2D eigenvalue weighted by molar-refractivity contribution is 7.21. The first kappa shape index (κ1) is 20.3. The number of thiophene rings is 2. The van der Waals surface area contributed by atoms with Crippen LogP contribution < -0.4 is 10.3 Å². The second kappa shape index (κ2) is 8.22. The highest BCUT2D eigenvalue weighted by Gasteiger charge is 2.26. The third-order valence-electron chi connectivity index (χ3n) is 5.56. The average Bonchev–Trinajstić information content (AvgIpc) is 3.52. The first-order chi connectivity index (χ1) is 16.2. The molecule has 2 aromatic carbocycles. The van der Waals surface area contributed by atoms with Crippen LogP contribution >= 0.6 is 22.7 Å². The van der Waals surface area contributed by atoms with Crippen molar-refractivity contribution in [3.8, 4) is 16.2 Å². The maximum absolute atomic E-state index is 14.4. The number of halogens is 1. The molecule has 0 fully saturated rings. The van der Waals surface area contributed by atoms with Crippen molar-refractivity contribution in [2.75, 3.05) is 0 Å². The molecular weight excluding hydrogens is 459 g/mol. The van der Waals surface area contributed by atoms with Gasteiger partial charge in [0.1, 0.15) is 16.4 Å². The molecule has 5 aromatic rings. The highest BCUT2D eigenvalue weighted by Crippen LogP contribution is 2.37. The van der Waals surface area contributed by atoms with Crippen LogP contribution in [0.15, 0.2) is 76.5 Å². The maximum atomic E-state index is 14.4. The van der Waals surface area contributed by atoms with Gasteiger partial charge in [0.25, 0.3) is 5.56 Å². The Morgan fingerprint density at radius 2 is 2.03 bits per heavy atom. The smallest absolute Gasteiger partial charge is 0.262 e. The number of fused-ring (bicyclic) bond motifs is 2. The molecule has 0 saturated heterocycles. The maximum Gasteiger partial charge on any atom is 0.262 e. The molecule has 1 aliphatic heterocycles. The zero-order valence-corrected chi connectivity index (χ0v) is 18.9. The van der Waals surface area contributed by atoms with E-state index in [-0.39, 0.29) is 18.7 Å². The molecule has 0 unspecified atom stereocenters. The van der Waals surface area contributed by atoms with E-state index in [9.17, 15) is 9.18 Å². The molecule has 0 amide bonds. The minimum atomic E-state index is -0.560. The largest absolute Gasteiger partial charge is 0.460 e. The van der Waals surface area contributed by atoms with E-state index >= 15 is 0 Å². The normalized spacial score (nSPS) is 15.4. The summed E-state index contributed by atoms with van der Waals surface area (Å²) in [7, 11) is 0. The Bertz CT molecular complexity index is 1510. The van der Waals surface area contributed by atoms with Crippen LogP contribution in [-0.2, 0) is 17.9 Å². The Morgan fingerprint density at radius 1 is 1.15 bits per heavy atom. The van der Waals surface area contributed by atoms with E-state index in [1.54, 1.807) is 11.3 Å². The first-order valence-corrected chi connectivity index (χ1v) is 12.1. The van der Waals surface area contributed by atoms with Crippen LogP contribution in [0.2, 0.25) is 0 Å². The van der Waals surface area contributed by atoms with Crippen molar-refractivity contribution >= 4 is 32.9 Å². The molecule has 0 N–H and O–H groups in total. The lowest BCUT2D eigenvalue weighted by Crippen LogP contribution is -2.23. The van der Waals surface area contributed by atoms with Gasteiger partial charge in [-0.1, -0.05) is 30.3 Å². The third-order valence-corrected chi connectivity index (χ3v) is 7.35. The van der Waals surface area contributed by atoms with Crippen molar-refractivity contribution in [3.63, 3.8) is 0 Å². The van der Waals surface area contributed by atoms with E-state index < -0.39 is 12.1 Å². The van der Waals surface area contributed by atoms with Gasteiger partial charge in [-0.15, -0.1) is 11.3 Å². The van der Waals surface area contributed by atoms with Crippen molar-refractivity contribution in [3.05, 3.63) is 105 Å². The van der Waals surface area contributed by atoms with E-state index in [1.165, 1.54) is 34.4 Å². The zero-order chi connectivity index (χ0) is 22.4. The fourth-order valence-electron chi connectivity index (χ4n) is 3.97. The first-order valence-electron chi connectivity index (χ1n) is 10.3. The van der Waals surface area contributed by atoms with Crippen LogP contribution in [-0.4, -0.2) is 9.55 Å². The van der Waals surface area contributed by atoms with E-state index in [1.807, 2.05) is 53.2 Å². The number of ether oxygens (including phenoxy) is 2. The molecule has 5 nitrogen and oxygen atoms in total. The summed E-state index contributed by atoms with van der Waals surface area (Å²) in [6.45, 7) is 0.381. The van der Waals surface area contributed by atoms with Gasteiger partial charge in [-0.05, 0) is 35.2 Å². The van der Waals surface area contributed by atoms with Crippen LogP contribution in [0, 0.1) is 5.82 Å². The molecule has 33 heavy (non-hydrogen) atoms. The van der Waals surface area contributed by atoms with Crippen molar-refractivity contribution in [2.45, 2.75) is 19.4 Å². The summed E-state index contributed by atoms with van der Waals surface area (Å²) in [4.78, 5) is 19.4. The fourth-order valence-corrected chi connectivity index (χ4v) is 5.62. The molecule has 3 aromatic heterocycles. The Hall–Kier alpha value is -3.33.